The molecule has 2 rings (SSSR count). The van der Waals surface area contributed by atoms with Crippen LogP contribution < -0.4 is 0 Å². The van der Waals surface area contributed by atoms with Crippen molar-refractivity contribution in [2.24, 2.45) is 0 Å². The molecule has 1 heterocycles. The minimum Gasteiger partial charge on any atom is -0.338 e. The van der Waals surface area contributed by atoms with Crippen molar-refractivity contribution < 1.29 is 4.79 Å². The Hall–Kier alpha value is -1.86. The number of carbonyl (C=O) groups is 1. The standard InChI is InChI=1S/C16H21N3O/c1-16(2)12-19(10-9-18(16)3)15(20)14(11-17)13-7-5-4-6-8-13/h4-8,14H,9-10,12H2,1-3H3. The molecule has 1 aromatic carbocycles. The van der Waals surface area contributed by atoms with E-state index in [4.69, 9.17) is 0 Å². The van der Waals surface area contributed by atoms with Crippen LogP contribution in [0, 0.1) is 11.3 Å². The molecule has 1 unspecified atom stereocenters. The van der Waals surface area contributed by atoms with E-state index in [-0.39, 0.29) is 11.4 Å². The van der Waals surface area contributed by atoms with Gasteiger partial charge in [-0.25, -0.2) is 0 Å². The van der Waals surface area contributed by atoms with Crippen molar-refractivity contribution >= 4 is 5.91 Å². The molecule has 1 atom stereocenters. The molecule has 1 amide bonds. The van der Waals surface area contributed by atoms with Gasteiger partial charge >= 0.3 is 0 Å². The van der Waals surface area contributed by atoms with Crippen molar-refractivity contribution in [3.05, 3.63) is 35.9 Å². The van der Waals surface area contributed by atoms with Crippen LogP contribution in [-0.4, -0.2) is 47.9 Å². The summed E-state index contributed by atoms with van der Waals surface area (Å²) >= 11 is 0. The Bertz CT molecular complexity index is 518. The topological polar surface area (TPSA) is 47.3 Å². The number of hydrogen-bond acceptors (Lipinski definition) is 3. The van der Waals surface area contributed by atoms with Crippen LogP contribution >= 0.6 is 0 Å². The molecule has 20 heavy (non-hydrogen) atoms. The quantitative estimate of drug-likeness (QED) is 0.824. The van der Waals surface area contributed by atoms with E-state index in [0.717, 1.165) is 12.1 Å². The summed E-state index contributed by atoms with van der Waals surface area (Å²) in [6, 6.07) is 11.4. The lowest BCUT2D eigenvalue weighted by Gasteiger charge is -2.45. The Morgan fingerprint density at radius 1 is 1.30 bits per heavy atom. The van der Waals surface area contributed by atoms with Crippen LogP contribution in [0.3, 0.4) is 0 Å². The van der Waals surface area contributed by atoms with Gasteiger partial charge in [0.2, 0.25) is 5.91 Å². The first-order chi connectivity index (χ1) is 9.45. The fourth-order valence-electron chi connectivity index (χ4n) is 2.53. The van der Waals surface area contributed by atoms with Crippen LogP contribution in [0.4, 0.5) is 0 Å². The molecule has 0 N–H and O–H groups in total. The van der Waals surface area contributed by atoms with Gasteiger partial charge in [0.1, 0.15) is 5.92 Å². The Morgan fingerprint density at radius 3 is 2.50 bits per heavy atom. The SMILES string of the molecule is CN1CCN(C(=O)C(C#N)c2ccccc2)CC1(C)C. The second kappa shape index (κ2) is 5.64. The van der Waals surface area contributed by atoms with Gasteiger partial charge in [0, 0.05) is 25.2 Å². The summed E-state index contributed by atoms with van der Waals surface area (Å²) in [7, 11) is 2.07. The highest BCUT2D eigenvalue weighted by atomic mass is 16.2. The summed E-state index contributed by atoms with van der Waals surface area (Å²) < 4.78 is 0. The number of benzene rings is 1. The highest BCUT2D eigenvalue weighted by Gasteiger charge is 2.35. The Labute approximate surface area is 120 Å². The summed E-state index contributed by atoms with van der Waals surface area (Å²) in [6.45, 7) is 6.43. The minimum absolute atomic E-state index is 0.0510. The number of likely N-dealkylation sites (N-methyl/N-ethyl adjacent to an activating group) is 1. The van der Waals surface area contributed by atoms with Crippen molar-refractivity contribution in [2.75, 3.05) is 26.7 Å². The third kappa shape index (κ3) is 2.83. The predicted molar refractivity (Wildman–Crippen MR) is 78.1 cm³/mol. The van der Waals surface area contributed by atoms with E-state index >= 15 is 0 Å². The van der Waals surface area contributed by atoms with Crippen molar-refractivity contribution in [2.45, 2.75) is 25.3 Å². The molecule has 1 saturated heterocycles. The molecule has 0 aromatic heterocycles. The van der Waals surface area contributed by atoms with Gasteiger partial charge in [-0.3, -0.25) is 9.69 Å². The number of nitrogens with zero attached hydrogens (tertiary/aromatic N) is 3. The molecular weight excluding hydrogens is 250 g/mol. The lowest BCUT2D eigenvalue weighted by molar-refractivity contribution is -0.136. The maximum absolute atomic E-state index is 12.6. The van der Waals surface area contributed by atoms with Crippen LogP contribution in [0.5, 0.6) is 0 Å². The third-order valence-corrected chi connectivity index (χ3v) is 4.14. The number of nitriles is 1. The van der Waals surface area contributed by atoms with E-state index in [1.807, 2.05) is 35.2 Å². The first-order valence-corrected chi connectivity index (χ1v) is 6.90. The molecule has 1 fully saturated rings. The molecule has 0 bridgehead atoms. The van der Waals surface area contributed by atoms with Crippen LogP contribution in [0.2, 0.25) is 0 Å². The summed E-state index contributed by atoms with van der Waals surface area (Å²) in [5.41, 5.74) is 0.724. The van der Waals surface area contributed by atoms with E-state index in [9.17, 15) is 10.1 Å². The van der Waals surface area contributed by atoms with Gasteiger partial charge in [-0.05, 0) is 26.5 Å². The molecule has 106 valence electrons. The fourth-order valence-corrected chi connectivity index (χ4v) is 2.53. The monoisotopic (exact) mass is 271 g/mol. The zero-order valence-corrected chi connectivity index (χ0v) is 12.3. The van der Waals surface area contributed by atoms with Gasteiger partial charge in [0.15, 0.2) is 0 Å². The highest BCUT2D eigenvalue weighted by molar-refractivity contribution is 5.86. The minimum atomic E-state index is -0.699. The molecule has 0 aliphatic carbocycles. The first-order valence-electron chi connectivity index (χ1n) is 6.90. The zero-order valence-electron chi connectivity index (χ0n) is 12.3. The van der Waals surface area contributed by atoms with Crippen LogP contribution in [0.1, 0.15) is 25.3 Å². The second-order valence-corrected chi connectivity index (χ2v) is 5.97. The molecule has 1 aromatic rings. The number of amides is 1. The molecule has 0 spiro atoms. The van der Waals surface area contributed by atoms with Gasteiger partial charge in [-0.15, -0.1) is 0 Å². The molecule has 4 nitrogen and oxygen atoms in total. The van der Waals surface area contributed by atoms with Crippen LogP contribution in [-0.2, 0) is 4.79 Å². The normalized spacial score (nSPS) is 20.2. The number of rotatable bonds is 2. The van der Waals surface area contributed by atoms with Gasteiger partial charge in [0.05, 0.1) is 6.07 Å². The lowest BCUT2D eigenvalue weighted by Crippen LogP contribution is -2.59. The molecule has 1 aliphatic heterocycles. The number of hydrogen-bond donors (Lipinski definition) is 0. The van der Waals surface area contributed by atoms with Gasteiger partial charge < -0.3 is 4.90 Å². The van der Waals surface area contributed by atoms with Crippen LogP contribution in [0.15, 0.2) is 30.3 Å². The van der Waals surface area contributed by atoms with Crippen molar-refractivity contribution in [1.82, 2.24) is 9.80 Å². The molecule has 4 heteroatoms. The average Bonchev–Trinajstić information content (AvgIpc) is 2.43. The van der Waals surface area contributed by atoms with Crippen molar-refractivity contribution in [1.29, 1.82) is 5.26 Å². The van der Waals surface area contributed by atoms with E-state index < -0.39 is 5.92 Å². The van der Waals surface area contributed by atoms with E-state index in [0.29, 0.717) is 13.1 Å². The molecule has 0 radical (unpaired) electrons. The van der Waals surface area contributed by atoms with E-state index in [1.165, 1.54) is 0 Å². The molecule has 0 saturated carbocycles. The Morgan fingerprint density at radius 2 is 1.95 bits per heavy atom. The zero-order chi connectivity index (χ0) is 14.8. The number of carbonyl (C=O) groups excluding carboxylic acids is 1. The number of piperazine rings is 1. The Kier molecular flexibility index (Phi) is 4.10. The largest absolute Gasteiger partial charge is 0.338 e. The third-order valence-electron chi connectivity index (χ3n) is 4.14. The average molecular weight is 271 g/mol. The molecule has 1 aliphatic rings. The van der Waals surface area contributed by atoms with Crippen molar-refractivity contribution in [3.8, 4) is 6.07 Å². The smallest absolute Gasteiger partial charge is 0.244 e. The van der Waals surface area contributed by atoms with Gasteiger partial charge in [0.25, 0.3) is 0 Å². The van der Waals surface area contributed by atoms with Gasteiger partial charge in [-0.1, -0.05) is 30.3 Å². The van der Waals surface area contributed by atoms with Crippen molar-refractivity contribution in [3.63, 3.8) is 0 Å². The summed E-state index contributed by atoms with van der Waals surface area (Å²) in [5, 5.41) is 9.35. The van der Waals surface area contributed by atoms with Gasteiger partial charge in [-0.2, -0.15) is 5.26 Å². The maximum Gasteiger partial charge on any atom is 0.244 e. The Balaban J connectivity index is 2.17. The van der Waals surface area contributed by atoms with E-state index in [2.05, 4.69) is 31.9 Å². The summed E-state index contributed by atoms with van der Waals surface area (Å²) in [4.78, 5) is 16.7. The fraction of sp³-hybridized carbons (Fsp3) is 0.500. The van der Waals surface area contributed by atoms with E-state index in [1.54, 1.807) is 0 Å². The predicted octanol–water partition coefficient (Wildman–Crippen LogP) is 1.85. The summed E-state index contributed by atoms with van der Waals surface area (Å²) in [6.07, 6.45) is 0. The molecular formula is C16H21N3O. The highest BCUT2D eigenvalue weighted by Crippen LogP contribution is 2.23. The first kappa shape index (κ1) is 14.5. The maximum atomic E-state index is 12.6. The van der Waals surface area contributed by atoms with Crippen LogP contribution in [0.25, 0.3) is 0 Å². The lowest BCUT2D eigenvalue weighted by atomic mass is 9.95. The summed E-state index contributed by atoms with van der Waals surface area (Å²) in [5.74, 6) is -0.782. The second-order valence-electron chi connectivity index (χ2n) is 5.97.